The van der Waals surface area contributed by atoms with Crippen molar-refractivity contribution in [2.75, 3.05) is 20.3 Å². The number of benzene rings is 1. The number of thiazole rings is 1. The molecule has 0 spiro atoms. The summed E-state index contributed by atoms with van der Waals surface area (Å²) < 4.78 is 17.9. The number of hydrogen-bond acceptors (Lipinski definition) is 4. The number of halogens is 2. The molecule has 0 unspecified atom stereocenters. The Hall–Kier alpha value is -1.01. The zero-order chi connectivity index (χ0) is 13.7. The van der Waals surface area contributed by atoms with E-state index in [4.69, 9.17) is 16.3 Å². The van der Waals surface area contributed by atoms with Crippen LogP contribution in [0.2, 0.25) is 5.02 Å². The van der Waals surface area contributed by atoms with Crippen LogP contribution in [0.1, 0.15) is 5.01 Å². The first-order chi connectivity index (χ1) is 9.20. The Morgan fingerprint density at radius 1 is 1.47 bits per heavy atom. The highest BCUT2D eigenvalue weighted by atomic mass is 35.5. The lowest BCUT2D eigenvalue weighted by Gasteiger charge is -2.01. The maximum absolute atomic E-state index is 13.0. The van der Waals surface area contributed by atoms with E-state index in [2.05, 4.69) is 10.3 Å². The second-order valence-electron chi connectivity index (χ2n) is 3.92. The van der Waals surface area contributed by atoms with Gasteiger partial charge < -0.3 is 10.1 Å². The van der Waals surface area contributed by atoms with Crippen LogP contribution in [0.5, 0.6) is 0 Å². The highest BCUT2D eigenvalue weighted by molar-refractivity contribution is 7.09. The maximum Gasteiger partial charge on any atom is 0.124 e. The van der Waals surface area contributed by atoms with E-state index in [0.29, 0.717) is 18.2 Å². The molecule has 2 aromatic rings. The Labute approximate surface area is 120 Å². The molecule has 0 atom stereocenters. The van der Waals surface area contributed by atoms with Crippen LogP contribution in [-0.4, -0.2) is 25.2 Å². The van der Waals surface area contributed by atoms with Crippen LogP contribution < -0.4 is 5.32 Å². The van der Waals surface area contributed by atoms with E-state index < -0.39 is 0 Å². The molecule has 0 aliphatic heterocycles. The Kier molecular flexibility index (Phi) is 5.27. The predicted molar refractivity (Wildman–Crippen MR) is 76.1 cm³/mol. The van der Waals surface area contributed by atoms with Crippen LogP contribution in [0, 0.1) is 5.82 Å². The zero-order valence-electron chi connectivity index (χ0n) is 10.5. The minimum atomic E-state index is -0.342. The van der Waals surface area contributed by atoms with Crippen molar-refractivity contribution in [1.29, 1.82) is 0 Å². The summed E-state index contributed by atoms with van der Waals surface area (Å²) in [7, 11) is 1.67. The monoisotopic (exact) mass is 300 g/mol. The number of rotatable bonds is 6. The van der Waals surface area contributed by atoms with E-state index in [-0.39, 0.29) is 5.82 Å². The van der Waals surface area contributed by atoms with Gasteiger partial charge in [-0.25, -0.2) is 9.37 Å². The average Bonchev–Trinajstić information content (AvgIpc) is 2.83. The third kappa shape index (κ3) is 3.98. The average molecular weight is 301 g/mol. The number of ether oxygens (including phenoxy) is 1. The molecule has 2 rings (SSSR count). The molecule has 0 aliphatic rings. The van der Waals surface area contributed by atoms with Gasteiger partial charge in [-0.15, -0.1) is 11.3 Å². The summed E-state index contributed by atoms with van der Waals surface area (Å²) in [6.45, 7) is 2.14. The molecular weight excluding hydrogens is 287 g/mol. The topological polar surface area (TPSA) is 34.1 Å². The lowest BCUT2D eigenvalue weighted by molar-refractivity contribution is 0.199. The van der Waals surface area contributed by atoms with Gasteiger partial charge in [0, 0.05) is 31.1 Å². The van der Waals surface area contributed by atoms with Crippen molar-refractivity contribution < 1.29 is 9.13 Å². The van der Waals surface area contributed by atoms with Gasteiger partial charge in [0.25, 0.3) is 0 Å². The third-order valence-electron chi connectivity index (χ3n) is 2.52. The van der Waals surface area contributed by atoms with E-state index in [1.165, 1.54) is 12.1 Å². The van der Waals surface area contributed by atoms with E-state index >= 15 is 0 Å². The van der Waals surface area contributed by atoms with Crippen LogP contribution >= 0.6 is 22.9 Å². The molecule has 1 N–H and O–H groups in total. The number of nitrogens with one attached hydrogen (secondary N) is 1. The molecule has 0 fully saturated rings. The summed E-state index contributed by atoms with van der Waals surface area (Å²) >= 11 is 7.56. The van der Waals surface area contributed by atoms with Crippen LogP contribution in [-0.2, 0) is 11.3 Å². The van der Waals surface area contributed by atoms with Crippen molar-refractivity contribution in [3.8, 4) is 11.3 Å². The zero-order valence-corrected chi connectivity index (χ0v) is 12.0. The summed E-state index contributed by atoms with van der Waals surface area (Å²) in [5, 5.41) is 6.49. The van der Waals surface area contributed by atoms with Crippen molar-refractivity contribution in [3.05, 3.63) is 39.4 Å². The van der Waals surface area contributed by atoms with Crippen LogP contribution in [0.25, 0.3) is 11.3 Å². The second kappa shape index (κ2) is 6.96. The van der Waals surface area contributed by atoms with E-state index in [9.17, 15) is 4.39 Å². The first kappa shape index (κ1) is 14.4. The molecular formula is C13H14ClFN2OS. The molecule has 0 saturated heterocycles. The highest BCUT2D eigenvalue weighted by Crippen LogP contribution is 2.29. The Morgan fingerprint density at radius 3 is 3.05 bits per heavy atom. The van der Waals surface area contributed by atoms with Crippen molar-refractivity contribution in [1.82, 2.24) is 10.3 Å². The molecule has 1 aromatic heterocycles. The van der Waals surface area contributed by atoms with Gasteiger partial charge in [-0.2, -0.15) is 0 Å². The fraction of sp³-hybridized carbons (Fsp3) is 0.308. The van der Waals surface area contributed by atoms with Gasteiger partial charge in [-0.1, -0.05) is 11.6 Å². The van der Waals surface area contributed by atoms with Gasteiger partial charge in [0.1, 0.15) is 10.8 Å². The Balaban J connectivity index is 2.04. The summed E-state index contributed by atoms with van der Waals surface area (Å²) in [4.78, 5) is 4.48. The predicted octanol–water partition coefficient (Wildman–Crippen LogP) is 3.34. The smallest absolute Gasteiger partial charge is 0.124 e. The van der Waals surface area contributed by atoms with Crippen LogP contribution in [0.4, 0.5) is 4.39 Å². The molecule has 6 heteroatoms. The number of methoxy groups -OCH3 is 1. The fourth-order valence-corrected chi connectivity index (χ4v) is 2.61. The molecule has 0 radical (unpaired) electrons. The Bertz CT molecular complexity index is 547. The van der Waals surface area contributed by atoms with Crippen LogP contribution in [0.3, 0.4) is 0 Å². The molecule has 102 valence electrons. The first-order valence-corrected chi connectivity index (χ1v) is 7.06. The van der Waals surface area contributed by atoms with Crippen LogP contribution in [0.15, 0.2) is 23.6 Å². The van der Waals surface area contributed by atoms with E-state index in [1.807, 2.05) is 5.38 Å². The molecule has 0 aliphatic carbocycles. The molecule has 0 bridgehead atoms. The first-order valence-electron chi connectivity index (χ1n) is 5.80. The minimum Gasteiger partial charge on any atom is -0.383 e. The quantitative estimate of drug-likeness (QED) is 0.831. The van der Waals surface area contributed by atoms with Gasteiger partial charge in [-0.3, -0.25) is 0 Å². The number of hydrogen-bond donors (Lipinski definition) is 1. The van der Waals surface area contributed by atoms with Crippen molar-refractivity contribution in [2.24, 2.45) is 0 Å². The van der Waals surface area contributed by atoms with Gasteiger partial charge in [-0.05, 0) is 18.2 Å². The summed E-state index contributed by atoms with van der Waals surface area (Å²) in [6, 6.07) is 4.33. The normalized spacial score (nSPS) is 10.9. The summed E-state index contributed by atoms with van der Waals surface area (Å²) in [6.07, 6.45) is 0. The van der Waals surface area contributed by atoms with Crippen molar-refractivity contribution in [2.45, 2.75) is 6.54 Å². The molecule has 1 aromatic carbocycles. The molecule has 3 nitrogen and oxygen atoms in total. The molecule has 0 saturated carbocycles. The molecule has 0 amide bonds. The largest absolute Gasteiger partial charge is 0.383 e. The van der Waals surface area contributed by atoms with Gasteiger partial charge in [0.15, 0.2) is 0 Å². The van der Waals surface area contributed by atoms with E-state index in [1.54, 1.807) is 24.5 Å². The summed E-state index contributed by atoms with van der Waals surface area (Å²) in [5.41, 5.74) is 1.53. The summed E-state index contributed by atoms with van der Waals surface area (Å²) in [5.74, 6) is -0.342. The highest BCUT2D eigenvalue weighted by Gasteiger charge is 2.09. The second-order valence-corrected chi connectivity index (χ2v) is 5.27. The third-order valence-corrected chi connectivity index (χ3v) is 3.68. The van der Waals surface area contributed by atoms with Crippen molar-refractivity contribution >= 4 is 22.9 Å². The van der Waals surface area contributed by atoms with Crippen molar-refractivity contribution in [3.63, 3.8) is 0 Å². The number of aromatic nitrogens is 1. The molecule has 19 heavy (non-hydrogen) atoms. The minimum absolute atomic E-state index is 0.342. The Morgan fingerprint density at radius 2 is 2.32 bits per heavy atom. The van der Waals surface area contributed by atoms with Gasteiger partial charge in [0.05, 0.1) is 17.3 Å². The number of nitrogens with zero attached hydrogens (tertiary/aromatic N) is 1. The maximum atomic E-state index is 13.0. The standard InChI is InChI=1S/C13H14ClFN2OS/c1-18-5-4-16-7-13-17-12(8-19-13)10-3-2-9(15)6-11(10)14/h2-3,6,8,16H,4-5,7H2,1H3. The lowest BCUT2D eigenvalue weighted by Crippen LogP contribution is -2.18. The fourth-order valence-electron chi connectivity index (χ4n) is 1.58. The molecule has 1 heterocycles. The van der Waals surface area contributed by atoms with E-state index in [0.717, 1.165) is 22.8 Å². The lowest BCUT2D eigenvalue weighted by atomic mass is 10.2. The van der Waals surface area contributed by atoms with Gasteiger partial charge in [0.2, 0.25) is 0 Å². The van der Waals surface area contributed by atoms with Gasteiger partial charge >= 0.3 is 0 Å². The SMILES string of the molecule is COCCNCc1nc(-c2ccc(F)cc2Cl)cs1.